The highest BCUT2D eigenvalue weighted by Gasteiger charge is 2.23. The quantitative estimate of drug-likeness (QED) is 0.565. The smallest absolute Gasteiger partial charge is 0.178 e. The van der Waals surface area contributed by atoms with Crippen LogP contribution in [-0.2, 0) is 6.42 Å². The molecule has 1 saturated carbocycles. The van der Waals surface area contributed by atoms with E-state index in [1.807, 2.05) is 24.3 Å². The predicted molar refractivity (Wildman–Crippen MR) is 104 cm³/mol. The van der Waals surface area contributed by atoms with Crippen LogP contribution < -0.4 is 5.32 Å². The third-order valence-corrected chi connectivity index (χ3v) is 5.52. The molecule has 0 aliphatic heterocycles. The average Bonchev–Trinajstić information content (AvgIpc) is 3.21. The van der Waals surface area contributed by atoms with Crippen LogP contribution in [0.5, 0.6) is 0 Å². The van der Waals surface area contributed by atoms with Crippen LogP contribution in [0.15, 0.2) is 30.3 Å². The van der Waals surface area contributed by atoms with Gasteiger partial charge in [-0.1, -0.05) is 36.6 Å². The highest BCUT2D eigenvalue weighted by molar-refractivity contribution is 6.30. The van der Waals surface area contributed by atoms with Gasteiger partial charge < -0.3 is 9.88 Å². The number of hydrogen-bond acceptors (Lipinski definition) is 2. The molecule has 3 rings (SSSR count). The fourth-order valence-electron chi connectivity index (χ4n) is 3.96. The highest BCUT2D eigenvalue weighted by Crippen LogP contribution is 2.33. The molecule has 1 aromatic heterocycles. The first-order chi connectivity index (χ1) is 12.1. The van der Waals surface area contributed by atoms with Crippen LogP contribution in [0, 0.1) is 13.8 Å². The highest BCUT2D eigenvalue weighted by atomic mass is 35.5. The van der Waals surface area contributed by atoms with Crippen molar-refractivity contribution in [2.75, 3.05) is 13.1 Å². The summed E-state index contributed by atoms with van der Waals surface area (Å²) in [5, 5.41) is 4.03. The van der Waals surface area contributed by atoms with Gasteiger partial charge in [-0.3, -0.25) is 4.79 Å². The Kier molecular flexibility index (Phi) is 5.98. The Morgan fingerprint density at radius 1 is 1.20 bits per heavy atom. The van der Waals surface area contributed by atoms with E-state index in [0.29, 0.717) is 12.6 Å². The van der Waals surface area contributed by atoms with E-state index in [0.717, 1.165) is 29.2 Å². The Bertz CT molecular complexity index is 727. The average molecular weight is 359 g/mol. The summed E-state index contributed by atoms with van der Waals surface area (Å²) in [7, 11) is 0. The second-order valence-corrected chi connectivity index (χ2v) is 7.51. The molecule has 0 atom stereocenters. The molecule has 1 fully saturated rings. The number of benzene rings is 1. The third kappa shape index (κ3) is 4.34. The summed E-state index contributed by atoms with van der Waals surface area (Å²) in [5.41, 5.74) is 4.45. The Balaban J connectivity index is 1.54. The fourth-order valence-corrected chi connectivity index (χ4v) is 4.09. The molecule has 0 bridgehead atoms. The number of Topliss-reactive ketones (excluding diaryl/α,β-unsaturated/α-hetero) is 1. The molecule has 0 amide bonds. The maximum atomic E-state index is 12.6. The van der Waals surface area contributed by atoms with Crippen LogP contribution in [0.1, 0.15) is 59.0 Å². The standard InChI is InChI=1S/C21H27ClN2O/c1-15-13-20(16(2)24(15)19-5-3-4-6-19)21(25)14-23-12-11-17-7-9-18(22)10-8-17/h7-10,13,19,23H,3-6,11-12,14H2,1-2H3. The second-order valence-electron chi connectivity index (χ2n) is 7.07. The van der Waals surface area contributed by atoms with Crippen molar-refractivity contribution in [2.45, 2.75) is 52.0 Å². The summed E-state index contributed by atoms with van der Waals surface area (Å²) in [6, 6.07) is 10.5. The molecule has 0 radical (unpaired) electrons. The molecule has 1 heterocycles. The Labute approximate surface area is 155 Å². The number of aryl methyl sites for hydroxylation is 1. The molecule has 1 aromatic carbocycles. The number of nitrogens with one attached hydrogen (secondary N) is 1. The zero-order valence-corrected chi connectivity index (χ0v) is 15.9. The first kappa shape index (κ1) is 18.2. The lowest BCUT2D eigenvalue weighted by Crippen LogP contribution is -2.25. The minimum absolute atomic E-state index is 0.188. The van der Waals surface area contributed by atoms with Gasteiger partial charge in [0.05, 0.1) is 6.54 Å². The number of halogens is 1. The first-order valence-corrected chi connectivity index (χ1v) is 9.61. The van der Waals surface area contributed by atoms with E-state index in [1.165, 1.54) is 36.9 Å². The van der Waals surface area contributed by atoms with Gasteiger partial charge in [0, 0.05) is 28.0 Å². The number of nitrogens with zero attached hydrogens (tertiary/aromatic N) is 1. The van der Waals surface area contributed by atoms with E-state index in [9.17, 15) is 4.79 Å². The van der Waals surface area contributed by atoms with E-state index < -0.39 is 0 Å². The molecule has 3 nitrogen and oxygen atoms in total. The van der Waals surface area contributed by atoms with Crippen molar-refractivity contribution in [1.29, 1.82) is 0 Å². The Morgan fingerprint density at radius 3 is 2.56 bits per heavy atom. The van der Waals surface area contributed by atoms with Gasteiger partial charge in [-0.25, -0.2) is 0 Å². The van der Waals surface area contributed by atoms with E-state index in [-0.39, 0.29) is 5.78 Å². The van der Waals surface area contributed by atoms with E-state index in [1.54, 1.807) is 0 Å². The molecular formula is C21H27ClN2O. The van der Waals surface area contributed by atoms with Crippen LogP contribution in [0.4, 0.5) is 0 Å². The maximum Gasteiger partial charge on any atom is 0.178 e. The van der Waals surface area contributed by atoms with Crippen LogP contribution in [-0.4, -0.2) is 23.4 Å². The van der Waals surface area contributed by atoms with Crippen molar-refractivity contribution in [2.24, 2.45) is 0 Å². The van der Waals surface area contributed by atoms with E-state index in [4.69, 9.17) is 11.6 Å². The SMILES string of the molecule is Cc1cc(C(=O)CNCCc2ccc(Cl)cc2)c(C)n1C1CCCC1. The Hall–Kier alpha value is -1.58. The summed E-state index contributed by atoms with van der Waals surface area (Å²) in [4.78, 5) is 12.6. The van der Waals surface area contributed by atoms with Crippen LogP contribution in [0.25, 0.3) is 0 Å². The monoisotopic (exact) mass is 358 g/mol. The normalized spacial score (nSPS) is 15.0. The van der Waals surface area contributed by atoms with Gasteiger partial charge in [-0.2, -0.15) is 0 Å². The summed E-state index contributed by atoms with van der Waals surface area (Å²) in [5.74, 6) is 0.188. The topological polar surface area (TPSA) is 34.0 Å². The fraction of sp³-hybridized carbons (Fsp3) is 0.476. The van der Waals surface area contributed by atoms with Crippen molar-refractivity contribution in [3.05, 3.63) is 57.9 Å². The van der Waals surface area contributed by atoms with Crippen molar-refractivity contribution < 1.29 is 4.79 Å². The number of hydrogen-bond donors (Lipinski definition) is 1. The number of carbonyl (C=O) groups is 1. The predicted octanol–water partition coefficient (Wildman–Crippen LogP) is 4.89. The number of rotatable bonds is 7. The molecule has 4 heteroatoms. The van der Waals surface area contributed by atoms with Gasteiger partial charge in [-0.05, 0) is 63.4 Å². The van der Waals surface area contributed by atoms with Crippen LogP contribution in [0.3, 0.4) is 0 Å². The van der Waals surface area contributed by atoms with Crippen molar-refractivity contribution in [1.82, 2.24) is 9.88 Å². The molecule has 1 N–H and O–H groups in total. The van der Waals surface area contributed by atoms with Gasteiger partial charge >= 0.3 is 0 Å². The zero-order chi connectivity index (χ0) is 17.8. The number of aromatic nitrogens is 1. The second kappa shape index (κ2) is 8.20. The molecule has 1 aliphatic rings. The van der Waals surface area contributed by atoms with Gasteiger partial charge in [-0.15, -0.1) is 0 Å². The first-order valence-electron chi connectivity index (χ1n) is 9.23. The van der Waals surface area contributed by atoms with Gasteiger partial charge in [0.25, 0.3) is 0 Å². The van der Waals surface area contributed by atoms with E-state index in [2.05, 4.69) is 29.8 Å². The zero-order valence-electron chi connectivity index (χ0n) is 15.1. The summed E-state index contributed by atoms with van der Waals surface area (Å²) >= 11 is 5.90. The largest absolute Gasteiger partial charge is 0.345 e. The van der Waals surface area contributed by atoms with Crippen LogP contribution >= 0.6 is 11.6 Å². The summed E-state index contributed by atoms with van der Waals surface area (Å²) < 4.78 is 2.38. The lowest BCUT2D eigenvalue weighted by molar-refractivity contribution is 0.0990. The summed E-state index contributed by atoms with van der Waals surface area (Å²) in [6.45, 7) is 5.39. The molecular weight excluding hydrogens is 332 g/mol. The molecule has 0 saturated heterocycles. The van der Waals surface area contributed by atoms with Gasteiger partial charge in [0.1, 0.15) is 0 Å². The minimum atomic E-state index is 0.188. The third-order valence-electron chi connectivity index (χ3n) is 5.26. The molecule has 1 aliphatic carbocycles. The molecule has 0 unspecified atom stereocenters. The Morgan fingerprint density at radius 2 is 1.88 bits per heavy atom. The van der Waals surface area contributed by atoms with Crippen molar-refractivity contribution in [3.8, 4) is 0 Å². The molecule has 25 heavy (non-hydrogen) atoms. The van der Waals surface area contributed by atoms with Gasteiger partial charge in [0.2, 0.25) is 0 Å². The maximum absolute atomic E-state index is 12.6. The lowest BCUT2D eigenvalue weighted by atomic mass is 10.1. The van der Waals surface area contributed by atoms with Crippen molar-refractivity contribution >= 4 is 17.4 Å². The molecule has 134 valence electrons. The summed E-state index contributed by atoms with van der Waals surface area (Å²) in [6.07, 6.45) is 5.98. The lowest BCUT2D eigenvalue weighted by Gasteiger charge is -2.17. The number of carbonyl (C=O) groups excluding carboxylic acids is 1. The molecule has 0 spiro atoms. The molecule has 2 aromatic rings. The van der Waals surface area contributed by atoms with Crippen LogP contribution in [0.2, 0.25) is 5.02 Å². The van der Waals surface area contributed by atoms with E-state index >= 15 is 0 Å². The van der Waals surface area contributed by atoms with Crippen molar-refractivity contribution in [3.63, 3.8) is 0 Å². The minimum Gasteiger partial charge on any atom is -0.345 e. The van der Waals surface area contributed by atoms with Gasteiger partial charge in [0.15, 0.2) is 5.78 Å². The number of ketones is 1.